The molecule has 0 heterocycles. The lowest BCUT2D eigenvalue weighted by Crippen LogP contribution is -2.04. The molecule has 0 atom stereocenters. The third-order valence-corrected chi connectivity index (χ3v) is 1.90. The minimum Gasteiger partial charge on any atom is -0.494 e. The number of hydrogen-bond donors (Lipinski definition) is 1. The molecule has 0 aliphatic heterocycles. The molecule has 0 spiro atoms. The van der Waals surface area contributed by atoms with Gasteiger partial charge >= 0.3 is 0 Å². The summed E-state index contributed by atoms with van der Waals surface area (Å²) < 4.78 is 10.7. The van der Waals surface area contributed by atoms with Crippen LogP contribution in [0.15, 0.2) is 18.2 Å². The van der Waals surface area contributed by atoms with Crippen molar-refractivity contribution >= 4 is 5.69 Å². The summed E-state index contributed by atoms with van der Waals surface area (Å²) >= 11 is 0. The van der Waals surface area contributed by atoms with Gasteiger partial charge in [-0.3, -0.25) is 0 Å². The first-order valence-electron chi connectivity index (χ1n) is 4.68. The highest BCUT2D eigenvalue weighted by Gasteiger charge is 2.06. The summed E-state index contributed by atoms with van der Waals surface area (Å²) in [4.78, 5) is 0. The lowest BCUT2D eigenvalue weighted by molar-refractivity contribution is 0.0645. The SMILES string of the molecule is COc1c(N)cccc1COC(C)C. The van der Waals surface area contributed by atoms with Crippen LogP contribution in [0, 0.1) is 0 Å². The van der Waals surface area contributed by atoms with Crippen LogP contribution in [-0.2, 0) is 11.3 Å². The highest BCUT2D eigenvalue weighted by molar-refractivity contribution is 5.56. The number of hydrogen-bond acceptors (Lipinski definition) is 3. The zero-order valence-corrected chi connectivity index (χ0v) is 8.91. The summed E-state index contributed by atoms with van der Waals surface area (Å²) in [6.45, 7) is 4.53. The zero-order chi connectivity index (χ0) is 10.6. The quantitative estimate of drug-likeness (QED) is 0.749. The van der Waals surface area contributed by atoms with E-state index < -0.39 is 0 Å². The van der Waals surface area contributed by atoms with Crippen molar-refractivity contribution in [3.63, 3.8) is 0 Å². The molecule has 2 N–H and O–H groups in total. The number of para-hydroxylation sites is 1. The first-order valence-corrected chi connectivity index (χ1v) is 4.68. The third-order valence-electron chi connectivity index (χ3n) is 1.90. The number of ether oxygens (including phenoxy) is 2. The van der Waals surface area contributed by atoms with Crippen LogP contribution in [0.5, 0.6) is 5.75 Å². The molecule has 0 radical (unpaired) electrons. The first kappa shape index (κ1) is 10.9. The third kappa shape index (κ3) is 2.64. The number of nitrogen functional groups attached to an aromatic ring is 1. The molecular formula is C11H17NO2. The van der Waals surface area contributed by atoms with Gasteiger partial charge in [0.25, 0.3) is 0 Å². The van der Waals surface area contributed by atoms with Gasteiger partial charge < -0.3 is 15.2 Å². The average Bonchev–Trinajstić information content (AvgIpc) is 2.14. The summed E-state index contributed by atoms with van der Waals surface area (Å²) in [5.74, 6) is 0.716. The Morgan fingerprint density at radius 3 is 2.64 bits per heavy atom. The summed E-state index contributed by atoms with van der Waals surface area (Å²) in [5, 5.41) is 0. The molecule has 0 amide bonds. The van der Waals surface area contributed by atoms with E-state index in [2.05, 4.69) is 0 Å². The molecule has 0 saturated heterocycles. The van der Waals surface area contributed by atoms with E-state index in [1.165, 1.54) is 0 Å². The van der Waals surface area contributed by atoms with Crippen LogP contribution in [0.2, 0.25) is 0 Å². The number of methoxy groups -OCH3 is 1. The van der Waals surface area contributed by atoms with E-state index in [1.54, 1.807) is 7.11 Å². The minimum absolute atomic E-state index is 0.209. The molecule has 1 aromatic rings. The predicted octanol–water partition coefficient (Wildman–Crippen LogP) is 2.20. The van der Waals surface area contributed by atoms with Gasteiger partial charge in [-0.1, -0.05) is 12.1 Å². The van der Waals surface area contributed by atoms with Gasteiger partial charge in [-0.15, -0.1) is 0 Å². The number of benzene rings is 1. The second-order valence-electron chi connectivity index (χ2n) is 3.40. The summed E-state index contributed by atoms with van der Waals surface area (Å²) in [7, 11) is 1.62. The van der Waals surface area contributed by atoms with Crippen LogP contribution in [0.1, 0.15) is 19.4 Å². The molecule has 14 heavy (non-hydrogen) atoms. The molecule has 0 bridgehead atoms. The Morgan fingerprint density at radius 2 is 2.07 bits per heavy atom. The van der Waals surface area contributed by atoms with Gasteiger partial charge in [-0.2, -0.15) is 0 Å². The van der Waals surface area contributed by atoms with Crippen LogP contribution < -0.4 is 10.5 Å². The highest BCUT2D eigenvalue weighted by atomic mass is 16.5. The van der Waals surface area contributed by atoms with E-state index in [9.17, 15) is 0 Å². The molecule has 1 aromatic carbocycles. The monoisotopic (exact) mass is 195 g/mol. The Balaban J connectivity index is 2.80. The number of rotatable bonds is 4. The maximum Gasteiger partial charge on any atom is 0.147 e. The van der Waals surface area contributed by atoms with Crippen molar-refractivity contribution in [2.24, 2.45) is 0 Å². The van der Waals surface area contributed by atoms with Crippen molar-refractivity contribution in [2.75, 3.05) is 12.8 Å². The van der Waals surface area contributed by atoms with Gasteiger partial charge in [0.05, 0.1) is 25.5 Å². The van der Waals surface area contributed by atoms with E-state index in [-0.39, 0.29) is 6.10 Å². The largest absolute Gasteiger partial charge is 0.494 e. The number of anilines is 1. The minimum atomic E-state index is 0.209. The second-order valence-corrected chi connectivity index (χ2v) is 3.40. The van der Waals surface area contributed by atoms with Crippen molar-refractivity contribution in [2.45, 2.75) is 26.6 Å². The molecule has 0 aliphatic carbocycles. The summed E-state index contributed by atoms with van der Waals surface area (Å²) in [6, 6.07) is 5.67. The zero-order valence-electron chi connectivity index (χ0n) is 8.91. The lowest BCUT2D eigenvalue weighted by atomic mass is 10.2. The standard InChI is InChI=1S/C11H17NO2/c1-8(2)14-7-9-5-4-6-10(12)11(9)13-3/h4-6,8H,7,12H2,1-3H3. The maximum atomic E-state index is 5.76. The smallest absolute Gasteiger partial charge is 0.147 e. The Hall–Kier alpha value is -1.22. The number of nitrogens with two attached hydrogens (primary N) is 1. The fourth-order valence-electron chi connectivity index (χ4n) is 1.22. The first-order chi connectivity index (χ1) is 6.65. The van der Waals surface area contributed by atoms with Crippen molar-refractivity contribution in [1.29, 1.82) is 0 Å². The highest BCUT2D eigenvalue weighted by Crippen LogP contribution is 2.26. The molecular weight excluding hydrogens is 178 g/mol. The van der Waals surface area contributed by atoms with E-state index in [1.807, 2.05) is 32.0 Å². The second kappa shape index (κ2) is 4.86. The molecule has 0 fully saturated rings. The van der Waals surface area contributed by atoms with Gasteiger partial charge in [0.2, 0.25) is 0 Å². The van der Waals surface area contributed by atoms with Crippen molar-refractivity contribution in [3.8, 4) is 5.75 Å². The van der Waals surface area contributed by atoms with Gasteiger partial charge in [0.15, 0.2) is 0 Å². The molecule has 0 aromatic heterocycles. The molecule has 0 aliphatic rings. The Kier molecular flexibility index (Phi) is 3.77. The Labute approximate surface area is 84.8 Å². The van der Waals surface area contributed by atoms with Crippen LogP contribution in [0.3, 0.4) is 0 Å². The maximum absolute atomic E-state index is 5.76. The van der Waals surface area contributed by atoms with Crippen molar-refractivity contribution in [1.82, 2.24) is 0 Å². The van der Waals surface area contributed by atoms with Crippen molar-refractivity contribution < 1.29 is 9.47 Å². The summed E-state index contributed by atoms with van der Waals surface area (Å²) in [6.07, 6.45) is 0.209. The topological polar surface area (TPSA) is 44.5 Å². The van der Waals surface area contributed by atoms with Gasteiger partial charge in [0, 0.05) is 5.56 Å². The normalized spacial score (nSPS) is 10.6. The lowest BCUT2D eigenvalue weighted by Gasteiger charge is -2.12. The van der Waals surface area contributed by atoms with E-state index in [0.717, 1.165) is 5.56 Å². The molecule has 0 saturated carbocycles. The van der Waals surface area contributed by atoms with Crippen LogP contribution in [0.25, 0.3) is 0 Å². The Bertz CT molecular complexity index is 297. The fraction of sp³-hybridized carbons (Fsp3) is 0.455. The van der Waals surface area contributed by atoms with Gasteiger partial charge in [-0.05, 0) is 19.9 Å². The van der Waals surface area contributed by atoms with Crippen LogP contribution in [-0.4, -0.2) is 13.2 Å². The van der Waals surface area contributed by atoms with Gasteiger partial charge in [0.1, 0.15) is 5.75 Å². The summed E-state index contributed by atoms with van der Waals surface area (Å²) in [5.41, 5.74) is 7.40. The van der Waals surface area contributed by atoms with Crippen LogP contribution in [0.4, 0.5) is 5.69 Å². The molecule has 78 valence electrons. The molecule has 1 rings (SSSR count). The fourth-order valence-corrected chi connectivity index (χ4v) is 1.22. The van der Waals surface area contributed by atoms with Crippen molar-refractivity contribution in [3.05, 3.63) is 23.8 Å². The van der Waals surface area contributed by atoms with E-state index >= 15 is 0 Å². The van der Waals surface area contributed by atoms with E-state index in [0.29, 0.717) is 18.0 Å². The molecule has 3 heteroatoms. The van der Waals surface area contributed by atoms with Crippen LogP contribution >= 0.6 is 0 Å². The van der Waals surface area contributed by atoms with Gasteiger partial charge in [-0.25, -0.2) is 0 Å². The van der Waals surface area contributed by atoms with E-state index in [4.69, 9.17) is 15.2 Å². The molecule has 3 nitrogen and oxygen atoms in total. The predicted molar refractivity (Wildman–Crippen MR) is 57.3 cm³/mol. The Morgan fingerprint density at radius 1 is 1.36 bits per heavy atom. The molecule has 0 unspecified atom stereocenters. The average molecular weight is 195 g/mol.